The maximum atomic E-state index is 5.24. The van der Waals surface area contributed by atoms with Crippen LogP contribution in [0.5, 0.6) is 0 Å². The summed E-state index contributed by atoms with van der Waals surface area (Å²) < 4.78 is 5.24. The molecule has 0 aromatic carbocycles. The number of nitrogens with one attached hydrogen (secondary N) is 1. The molecule has 1 atom stereocenters. The van der Waals surface area contributed by atoms with Gasteiger partial charge in [0.2, 0.25) is 0 Å². The van der Waals surface area contributed by atoms with Gasteiger partial charge in [-0.15, -0.1) is 0 Å². The molecule has 1 unspecified atom stereocenters. The molecule has 0 saturated heterocycles. The third kappa shape index (κ3) is 6.02. The molecule has 1 aromatic rings. The first-order valence-corrected chi connectivity index (χ1v) is 7.73. The smallest absolute Gasteiger partial charge is 0.129 e. The van der Waals surface area contributed by atoms with E-state index in [1.54, 1.807) is 7.11 Å². The van der Waals surface area contributed by atoms with Gasteiger partial charge in [-0.3, -0.25) is 0 Å². The fraction of sp³-hybridized carbons (Fsp3) is 0.706. The van der Waals surface area contributed by atoms with Crippen LogP contribution in [0.15, 0.2) is 12.1 Å². The Morgan fingerprint density at radius 2 is 2.00 bits per heavy atom. The van der Waals surface area contributed by atoms with E-state index in [2.05, 4.69) is 64.0 Å². The molecule has 0 aliphatic rings. The van der Waals surface area contributed by atoms with Gasteiger partial charge in [0.1, 0.15) is 5.82 Å². The van der Waals surface area contributed by atoms with E-state index >= 15 is 0 Å². The van der Waals surface area contributed by atoms with Crippen LogP contribution in [-0.4, -0.2) is 37.3 Å². The van der Waals surface area contributed by atoms with Gasteiger partial charge in [-0.05, 0) is 51.8 Å². The molecule has 1 N–H and O–H groups in total. The standard InChI is InChI=1S/C17H31N3O/c1-8-15-9-14(11-18-17(3,4)5)10-16(19-15)20(6)13(2)12-21-7/h9-10,13,18H,8,11-12H2,1-7H3. The van der Waals surface area contributed by atoms with Crippen LogP contribution >= 0.6 is 0 Å². The fourth-order valence-electron chi connectivity index (χ4n) is 2.04. The van der Waals surface area contributed by atoms with E-state index in [-0.39, 0.29) is 5.54 Å². The van der Waals surface area contributed by atoms with E-state index in [0.29, 0.717) is 12.6 Å². The second-order valence-electron chi connectivity index (χ2n) is 6.70. The number of aryl methyl sites for hydroxylation is 1. The number of hydrogen-bond donors (Lipinski definition) is 1. The lowest BCUT2D eigenvalue weighted by Crippen LogP contribution is -2.35. The maximum absolute atomic E-state index is 5.24. The zero-order valence-electron chi connectivity index (χ0n) is 14.7. The van der Waals surface area contributed by atoms with Crippen molar-refractivity contribution < 1.29 is 4.74 Å². The lowest BCUT2D eigenvalue weighted by atomic mass is 10.1. The number of hydrogen-bond acceptors (Lipinski definition) is 4. The molecular formula is C17H31N3O. The summed E-state index contributed by atoms with van der Waals surface area (Å²) in [5, 5.41) is 3.54. The zero-order chi connectivity index (χ0) is 16.0. The molecule has 0 spiro atoms. The first kappa shape index (κ1) is 17.9. The third-order valence-corrected chi connectivity index (χ3v) is 3.54. The van der Waals surface area contributed by atoms with E-state index in [9.17, 15) is 0 Å². The van der Waals surface area contributed by atoms with Crippen molar-refractivity contribution in [3.8, 4) is 0 Å². The highest BCUT2D eigenvalue weighted by atomic mass is 16.5. The van der Waals surface area contributed by atoms with Crippen molar-refractivity contribution >= 4 is 5.82 Å². The average molecular weight is 293 g/mol. The predicted molar refractivity (Wildman–Crippen MR) is 89.9 cm³/mol. The van der Waals surface area contributed by atoms with Gasteiger partial charge >= 0.3 is 0 Å². The summed E-state index contributed by atoms with van der Waals surface area (Å²) in [4.78, 5) is 6.93. The van der Waals surface area contributed by atoms with Crippen molar-refractivity contribution in [2.24, 2.45) is 0 Å². The number of rotatable bonds is 7. The largest absolute Gasteiger partial charge is 0.383 e. The minimum atomic E-state index is 0.116. The Hall–Kier alpha value is -1.13. The van der Waals surface area contributed by atoms with Gasteiger partial charge in [-0.25, -0.2) is 4.98 Å². The lowest BCUT2D eigenvalue weighted by Gasteiger charge is -2.27. The van der Waals surface area contributed by atoms with Crippen LogP contribution in [0.25, 0.3) is 0 Å². The second kappa shape index (κ2) is 7.76. The van der Waals surface area contributed by atoms with E-state index in [4.69, 9.17) is 9.72 Å². The Kier molecular flexibility index (Phi) is 6.62. The molecule has 1 rings (SSSR count). The Balaban J connectivity index is 2.94. The third-order valence-electron chi connectivity index (χ3n) is 3.54. The SMILES string of the molecule is CCc1cc(CNC(C)(C)C)cc(N(C)C(C)COC)n1. The molecule has 0 radical (unpaired) electrons. The molecular weight excluding hydrogens is 262 g/mol. The number of ether oxygens (including phenoxy) is 1. The zero-order valence-corrected chi connectivity index (χ0v) is 14.7. The monoisotopic (exact) mass is 293 g/mol. The van der Waals surface area contributed by atoms with Gasteiger partial charge in [-0.1, -0.05) is 6.92 Å². The Morgan fingerprint density at radius 1 is 1.33 bits per heavy atom. The summed E-state index contributed by atoms with van der Waals surface area (Å²) in [6.07, 6.45) is 0.947. The van der Waals surface area contributed by atoms with Crippen LogP contribution in [0.1, 0.15) is 45.9 Å². The number of methoxy groups -OCH3 is 1. The molecule has 4 nitrogen and oxygen atoms in total. The molecule has 1 heterocycles. The predicted octanol–water partition coefficient (Wildman–Crippen LogP) is 3.00. The summed E-state index contributed by atoms with van der Waals surface area (Å²) in [6, 6.07) is 4.67. The van der Waals surface area contributed by atoms with Gasteiger partial charge in [0.05, 0.1) is 12.6 Å². The minimum absolute atomic E-state index is 0.116. The van der Waals surface area contributed by atoms with Gasteiger partial charge in [0, 0.05) is 31.9 Å². The summed E-state index contributed by atoms with van der Waals surface area (Å²) in [5.74, 6) is 1.02. The summed E-state index contributed by atoms with van der Waals surface area (Å²) in [7, 11) is 3.81. The van der Waals surface area contributed by atoms with Crippen LogP contribution in [0.4, 0.5) is 5.82 Å². The first-order valence-electron chi connectivity index (χ1n) is 7.73. The number of aromatic nitrogens is 1. The normalized spacial score (nSPS) is 13.3. The fourth-order valence-corrected chi connectivity index (χ4v) is 2.04. The number of anilines is 1. The van der Waals surface area contributed by atoms with Gasteiger partial charge in [0.25, 0.3) is 0 Å². The minimum Gasteiger partial charge on any atom is -0.383 e. The molecule has 0 amide bonds. The van der Waals surface area contributed by atoms with Crippen LogP contribution in [0.3, 0.4) is 0 Å². The molecule has 120 valence electrons. The van der Waals surface area contributed by atoms with Gasteiger partial charge < -0.3 is 15.0 Å². The van der Waals surface area contributed by atoms with Crippen LogP contribution in [-0.2, 0) is 17.7 Å². The van der Waals surface area contributed by atoms with Crippen LogP contribution in [0, 0.1) is 0 Å². The number of pyridine rings is 1. The van der Waals surface area contributed by atoms with Crippen molar-refractivity contribution in [3.63, 3.8) is 0 Å². The summed E-state index contributed by atoms with van der Waals surface area (Å²) in [5.41, 5.74) is 2.53. The second-order valence-corrected chi connectivity index (χ2v) is 6.70. The van der Waals surface area contributed by atoms with Crippen molar-refractivity contribution in [2.75, 3.05) is 25.7 Å². The quantitative estimate of drug-likeness (QED) is 0.838. The van der Waals surface area contributed by atoms with Crippen LogP contribution < -0.4 is 10.2 Å². The molecule has 21 heavy (non-hydrogen) atoms. The molecule has 0 saturated carbocycles. The van der Waals surface area contributed by atoms with Crippen LogP contribution in [0.2, 0.25) is 0 Å². The molecule has 1 aromatic heterocycles. The van der Waals surface area contributed by atoms with E-state index in [1.165, 1.54) is 5.56 Å². The highest BCUT2D eigenvalue weighted by Gasteiger charge is 2.14. The Bertz CT molecular complexity index is 440. The Morgan fingerprint density at radius 3 is 2.52 bits per heavy atom. The molecule has 4 heteroatoms. The molecule has 0 fully saturated rings. The van der Waals surface area contributed by atoms with Crippen molar-refractivity contribution in [1.82, 2.24) is 10.3 Å². The van der Waals surface area contributed by atoms with E-state index < -0.39 is 0 Å². The molecule has 0 aliphatic heterocycles. The van der Waals surface area contributed by atoms with Crippen molar-refractivity contribution in [3.05, 3.63) is 23.4 Å². The topological polar surface area (TPSA) is 37.4 Å². The number of nitrogens with zero attached hydrogens (tertiary/aromatic N) is 2. The number of likely N-dealkylation sites (N-methyl/N-ethyl adjacent to an activating group) is 1. The lowest BCUT2D eigenvalue weighted by molar-refractivity contribution is 0.183. The highest BCUT2D eigenvalue weighted by Crippen LogP contribution is 2.17. The molecule has 0 aliphatic carbocycles. The highest BCUT2D eigenvalue weighted by molar-refractivity contribution is 5.43. The van der Waals surface area contributed by atoms with Crippen molar-refractivity contribution in [2.45, 2.75) is 59.2 Å². The van der Waals surface area contributed by atoms with Gasteiger partial charge in [-0.2, -0.15) is 0 Å². The first-order chi connectivity index (χ1) is 9.76. The summed E-state index contributed by atoms with van der Waals surface area (Å²) >= 11 is 0. The Labute approximate surface area is 129 Å². The van der Waals surface area contributed by atoms with E-state index in [1.807, 2.05) is 0 Å². The maximum Gasteiger partial charge on any atom is 0.129 e. The molecule has 0 bridgehead atoms. The average Bonchev–Trinajstić information content (AvgIpc) is 2.43. The van der Waals surface area contributed by atoms with Crippen molar-refractivity contribution in [1.29, 1.82) is 0 Å². The summed E-state index contributed by atoms with van der Waals surface area (Å²) in [6.45, 7) is 12.4. The van der Waals surface area contributed by atoms with Gasteiger partial charge in [0.15, 0.2) is 0 Å². The van der Waals surface area contributed by atoms with E-state index in [0.717, 1.165) is 24.5 Å².